The topological polar surface area (TPSA) is 38.0 Å². The highest BCUT2D eigenvalue weighted by Crippen LogP contribution is 2.30. The highest BCUT2D eigenvalue weighted by molar-refractivity contribution is 6.31. The Bertz CT molecular complexity index is 535. The summed E-state index contributed by atoms with van der Waals surface area (Å²) in [5.74, 6) is -0.385. The molecule has 0 aliphatic carbocycles. The lowest BCUT2D eigenvalue weighted by molar-refractivity contribution is 0.632. The van der Waals surface area contributed by atoms with Crippen LogP contribution in [0.25, 0.3) is 0 Å². The van der Waals surface area contributed by atoms with Crippen molar-refractivity contribution in [3.63, 3.8) is 0 Å². The zero-order valence-electron chi connectivity index (χ0n) is 9.30. The Kier molecular flexibility index (Phi) is 3.20. The first-order valence-corrected chi connectivity index (χ1v) is 5.53. The molecule has 0 saturated heterocycles. The van der Waals surface area contributed by atoms with Crippen LogP contribution in [0.3, 0.4) is 0 Å². The fourth-order valence-corrected chi connectivity index (χ4v) is 1.72. The molecule has 2 rings (SSSR count). The van der Waals surface area contributed by atoms with Crippen molar-refractivity contribution >= 4 is 28.7 Å². The molecule has 0 heterocycles. The van der Waals surface area contributed by atoms with Gasteiger partial charge in [-0.3, -0.25) is 0 Å². The highest BCUT2D eigenvalue weighted by Gasteiger charge is 2.08. The van der Waals surface area contributed by atoms with Crippen molar-refractivity contribution in [3.8, 4) is 0 Å². The normalized spacial score (nSPS) is 10.3. The molecule has 17 heavy (non-hydrogen) atoms. The SMILES string of the molecule is Cc1c(Cl)cccc1Nc1c(N)cccc1F. The summed E-state index contributed by atoms with van der Waals surface area (Å²) < 4.78 is 13.6. The average molecular weight is 251 g/mol. The summed E-state index contributed by atoms with van der Waals surface area (Å²) in [5.41, 5.74) is 7.97. The smallest absolute Gasteiger partial charge is 0.148 e. The number of halogens is 2. The summed E-state index contributed by atoms with van der Waals surface area (Å²) in [6, 6.07) is 9.99. The first kappa shape index (κ1) is 11.7. The summed E-state index contributed by atoms with van der Waals surface area (Å²) in [6.45, 7) is 1.86. The van der Waals surface area contributed by atoms with E-state index in [2.05, 4.69) is 5.32 Å². The fraction of sp³-hybridized carbons (Fsp3) is 0.0769. The minimum Gasteiger partial charge on any atom is -0.397 e. The molecule has 0 atom stereocenters. The van der Waals surface area contributed by atoms with Gasteiger partial charge in [-0.25, -0.2) is 4.39 Å². The summed E-state index contributed by atoms with van der Waals surface area (Å²) in [7, 11) is 0. The van der Waals surface area contributed by atoms with Gasteiger partial charge >= 0.3 is 0 Å². The van der Waals surface area contributed by atoms with Crippen LogP contribution in [0, 0.1) is 12.7 Å². The van der Waals surface area contributed by atoms with Crippen molar-refractivity contribution in [2.75, 3.05) is 11.1 Å². The van der Waals surface area contributed by atoms with Gasteiger partial charge in [-0.1, -0.05) is 23.7 Å². The lowest BCUT2D eigenvalue weighted by atomic mass is 10.2. The van der Waals surface area contributed by atoms with Gasteiger partial charge in [0.1, 0.15) is 5.82 Å². The van der Waals surface area contributed by atoms with Gasteiger partial charge in [-0.05, 0) is 36.8 Å². The minimum atomic E-state index is -0.385. The van der Waals surface area contributed by atoms with Crippen LogP contribution in [0.5, 0.6) is 0 Å². The van der Waals surface area contributed by atoms with E-state index >= 15 is 0 Å². The summed E-state index contributed by atoms with van der Waals surface area (Å²) >= 11 is 5.99. The molecular formula is C13H12ClFN2. The second kappa shape index (κ2) is 4.63. The second-order valence-corrected chi connectivity index (χ2v) is 4.15. The first-order chi connectivity index (χ1) is 8.09. The summed E-state index contributed by atoms with van der Waals surface area (Å²) in [5, 5.41) is 3.59. The van der Waals surface area contributed by atoms with Crippen LogP contribution in [0.2, 0.25) is 5.02 Å². The Morgan fingerprint density at radius 3 is 2.59 bits per heavy atom. The van der Waals surface area contributed by atoms with E-state index in [0.717, 1.165) is 11.3 Å². The van der Waals surface area contributed by atoms with Gasteiger partial charge in [0.15, 0.2) is 0 Å². The molecule has 2 nitrogen and oxygen atoms in total. The molecule has 0 amide bonds. The molecule has 4 heteroatoms. The molecule has 0 saturated carbocycles. The third kappa shape index (κ3) is 2.34. The molecule has 3 N–H and O–H groups in total. The molecule has 0 unspecified atom stereocenters. The number of nitrogen functional groups attached to an aromatic ring is 1. The minimum absolute atomic E-state index is 0.276. The number of para-hydroxylation sites is 1. The van der Waals surface area contributed by atoms with Crippen molar-refractivity contribution in [2.45, 2.75) is 6.92 Å². The van der Waals surface area contributed by atoms with Crippen LogP contribution < -0.4 is 11.1 Å². The fourth-order valence-electron chi connectivity index (χ4n) is 1.55. The summed E-state index contributed by atoms with van der Waals surface area (Å²) in [6.07, 6.45) is 0. The maximum absolute atomic E-state index is 13.6. The quantitative estimate of drug-likeness (QED) is 0.787. The van der Waals surface area contributed by atoms with E-state index in [1.165, 1.54) is 6.07 Å². The molecule has 0 aliphatic heterocycles. The summed E-state index contributed by atoms with van der Waals surface area (Å²) in [4.78, 5) is 0. The van der Waals surface area contributed by atoms with Gasteiger partial charge in [0.2, 0.25) is 0 Å². The maximum atomic E-state index is 13.6. The van der Waals surface area contributed by atoms with Crippen LogP contribution >= 0.6 is 11.6 Å². The number of nitrogens with two attached hydrogens (primary N) is 1. The van der Waals surface area contributed by atoms with Gasteiger partial charge in [0.05, 0.1) is 11.4 Å². The van der Waals surface area contributed by atoms with E-state index in [1.54, 1.807) is 24.3 Å². The highest BCUT2D eigenvalue weighted by atomic mass is 35.5. The Labute approximate surface area is 104 Å². The third-order valence-electron chi connectivity index (χ3n) is 2.57. The van der Waals surface area contributed by atoms with Crippen LogP contribution in [0.15, 0.2) is 36.4 Å². The van der Waals surface area contributed by atoms with Crippen LogP contribution in [-0.2, 0) is 0 Å². The molecule has 0 fully saturated rings. The van der Waals surface area contributed by atoms with E-state index < -0.39 is 0 Å². The molecule has 0 bridgehead atoms. The predicted octanol–water partition coefficient (Wildman–Crippen LogP) is 4.11. The number of rotatable bonds is 2. The largest absolute Gasteiger partial charge is 0.397 e. The van der Waals surface area contributed by atoms with Crippen LogP contribution in [0.4, 0.5) is 21.5 Å². The van der Waals surface area contributed by atoms with Crippen LogP contribution in [-0.4, -0.2) is 0 Å². The van der Waals surface area contributed by atoms with Gasteiger partial charge in [0.25, 0.3) is 0 Å². The lowest BCUT2D eigenvalue weighted by Gasteiger charge is -2.13. The first-order valence-electron chi connectivity index (χ1n) is 5.15. The zero-order valence-corrected chi connectivity index (χ0v) is 10.1. The number of hydrogen-bond donors (Lipinski definition) is 2. The maximum Gasteiger partial charge on any atom is 0.148 e. The Morgan fingerprint density at radius 2 is 1.88 bits per heavy atom. The second-order valence-electron chi connectivity index (χ2n) is 3.74. The molecule has 0 aliphatic rings. The van der Waals surface area contributed by atoms with Gasteiger partial charge in [-0.15, -0.1) is 0 Å². The van der Waals surface area contributed by atoms with Gasteiger partial charge in [0, 0.05) is 10.7 Å². The average Bonchev–Trinajstić information content (AvgIpc) is 2.29. The van der Waals surface area contributed by atoms with Gasteiger partial charge in [-0.2, -0.15) is 0 Å². The van der Waals surface area contributed by atoms with Crippen molar-refractivity contribution in [2.24, 2.45) is 0 Å². The van der Waals surface area contributed by atoms with Crippen molar-refractivity contribution in [3.05, 3.63) is 52.8 Å². The van der Waals surface area contributed by atoms with E-state index in [4.69, 9.17) is 17.3 Å². The van der Waals surface area contributed by atoms with E-state index in [0.29, 0.717) is 10.7 Å². The lowest BCUT2D eigenvalue weighted by Crippen LogP contribution is -2.00. The monoisotopic (exact) mass is 250 g/mol. The Hall–Kier alpha value is -1.74. The van der Waals surface area contributed by atoms with Crippen molar-refractivity contribution in [1.29, 1.82) is 0 Å². The van der Waals surface area contributed by atoms with E-state index in [9.17, 15) is 4.39 Å². The molecule has 0 spiro atoms. The predicted molar refractivity (Wildman–Crippen MR) is 70.3 cm³/mol. The van der Waals surface area contributed by atoms with E-state index in [-0.39, 0.29) is 11.5 Å². The third-order valence-corrected chi connectivity index (χ3v) is 2.98. The number of hydrogen-bond acceptors (Lipinski definition) is 2. The van der Waals surface area contributed by atoms with Crippen molar-refractivity contribution < 1.29 is 4.39 Å². The molecule has 0 radical (unpaired) electrons. The number of anilines is 3. The zero-order chi connectivity index (χ0) is 12.4. The molecule has 2 aromatic carbocycles. The standard InChI is InChI=1S/C13H12ClFN2/c1-8-9(14)4-2-7-12(8)17-13-10(15)5-3-6-11(13)16/h2-7,17H,16H2,1H3. The number of nitrogens with one attached hydrogen (secondary N) is 1. The van der Waals surface area contributed by atoms with E-state index in [1.807, 2.05) is 13.0 Å². The molecule has 0 aromatic heterocycles. The number of benzene rings is 2. The molecular weight excluding hydrogens is 239 g/mol. The Balaban J connectivity index is 2.42. The Morgan fingerprint density at radius 1 is 1.18 bits per heavy atom. The van der Waals surface area contributed by atoms with Crippen LogP contribution in [0.1, 0.15) is 5.56 Å². The van der Waals surface area contributed by atoms with Crippen molar-refractivity contribution in [1.82, 2.24) is 0 Å². The molecule has 2 aromatic rings. The van der Waals surface area contributed by atoms with Gasteiger partial charge < -0.3 is 11.1 Å². The molecule has 88 valence electrons.